The average Bonchev–Trinajstić information content (AvgIpc) is 3.42. The van der Waals surface area contributed by atoms with Crippen molar-refractivity contribution < 1.29 is 114 Å². The van der Waals surface area contributed by atoms with E-state index in [1.54, 1.807) is 18.2 Å². The molecule has 2 fully saturated rings. The van der Waals surface area contributed by atoms with Crippen LogP contribution in [-0.4, -0.2) is 247 Å². The highest BCUT2D eigenvalue weighted by molar-refractivity contribution is 5.66. The fourth-order valence-corrected chi connectivity index (χ4v) is 6.63. The molecule has 5 unspecified atom stereocenters. The summed E-state index contributed by atoms with van der Waals surface area (Å²) in [5.74, 6) is 14.7. The number of ether oxygens (including phenoxy) is 21. The number of hydrazine groups is 3. The van der Waals surface area contributed by atoms with Crippen LogP contribution in [-0.2, 0) is 96.6 Å². The Labute approximate surface area is 435 Å². The van der Waals surface area contributed by atoms with Gasteiger partial charge in [-0.3, -0.25) is 16.3 Å². The van der Waals surface area contributed by atoms with E-state index in [-0.39, 0.29) is 164 Å². The summed E-state index contributed by atoms with van der Waals surface area (Å²) in [6.07, 6.45) is -5.31. The van der Waals surface area contributed by atoms with Gasteiger partial charge in [0.15, 0.2) is 11.5 Å². The molecule has 2 saturated heterocycles. The molecule has 432 valence electrons. The summed E-state index contributed by atoms with van der Waals surface area (Å²) >= 11 is 0. The number of hydrogen-bond acceptors (Lipinski definition) is 27. The van der Waals surface area contributed by atoms with Crippen LogP contribution >= 0.6 is 0 Å². The largest absolute Gasteiger partial charge is 0.487 e. The molecule has 1 spiro atoms. The Morgan fingerprint density at radius 1 is 0.440 bits per heavy atom. The average molecular weight is 1090 g/mol. The second-order valence-corrected chi connectivity index (χ2v) is 16.0. The molecule has 0 radical (unpaired) electrons. The SMILES string of the molecule is NNC(=O)OCc1ccc2c(c1)OCCOC(C1COCCOCCOC(COC(=O)NN)CO1)COCCOCCOCC1(COCCOCCOCCOCCOCC(COC(=O)NN)OCCO1)OCCO2. The van der Waals surface area contributed by atoms with Crippen molar-refractivity contribution in [3.8, 4) is 11.5 Å². The zero-order valence-corrected chi connectivity index (χ0v) is 42.5. The third-order valence-electron chi connectivity index (χ3n) is 10.3. The Morgan fingerprint density at radius 3 is 1.41 bits per heavy atom. The monoisotopic (exact) mass is 1090 g/mol. The van der Waals surface area contributed by atoms with Crippen molar-refractivity contribution in [3.63, 3.8) is 0 Å². The molecule has 75 heavy (non-hydrogen) atoms. The van der Waals surface area contributed by atoms with Gasteiger partial charge in [0.2, 0.25) is 5.79 Å². The Bertz CT molecular complexity index is 1650. The van der Waals surface area contributed by atoms with Gasteiger partial charge in [-0.25, -0.2) is 31.9 Å². The molecule has 3 aliphatic rings. The normalized spacial score (nSPS) is 25.9. The van der Waals surface area contributed by atoms with Crippen LogP contribution in [0.15, 0.2) is 18.2 Å². The first kappa shape index (κ1) is 63.4. The lowest BCUT2D eigenvalue weighted by molar-refractivity contribution is -0.289. The molecule has 9 N–H and O–H groups in total. The molecule has 3 aliphatic heterocycles. The summed E-state index contributed by atoms with van der Waals surface area (Å²) in [6.45, 7) is 3.57. The fourth-order valence-electron chi connectivity index (χ4n) is 6.63. The minimum absolute atomic E-state index is 0.00560. The third kappa shape index (κ3) is 29.3. The van der Waals surface area contributed by atoms with E-state index in [2.05, 4.69) is 0 Å². The van der Waals surface area contributed by atoms with Crippen LogP contribution in [0.4, 0.5) is 14.4 Å². The molecule has 0 saturated carbocycles. The molecule has 3 amide bonds. The van der Waals surface area contributed by atoms with Gasteiger partial charge in [0, 0.05) is 0 Å². The standard InChI is InChI=1S/C45H78N6O24/c46-49-42(52)71-26-35-1-2-38-39(25-35)68-19-20-69-40(41-32-62-14-9-59-17-18-65-37(28-70-41)30-73-44(54)51-48)31-61-13-8-58-11-16-64-34-45(75-24-22-67-38)33-63-15-10-57-6-4-55-3-5-56-7-12-60-27-36(66-21-23-74-45)29-72-43(53)50-47/h1-2,25,36-37,40-41H,3-24,26-34,46-48H2,(H,49,52)(H,50,53)(H,51,54). The number of carbonyl (C=O) groups excluding carboxylic acids is 3. The molecule has 1 aromatic carbocycles. The van der Waals surface area contributed by atoms with Crippen LogP contribution in [0, 0.1) is 0 Å². The van der Waals surface area contributed by atoms with Gasteiger partial charge in [0.25, 0.3) is 0 Å². The van der Waals surface area contributed by atoms with Crippen molar-refractivity contribution in [1.82, 2.24) is 16.3 Å². The second kappa shape index (κ2) is 41.0. The molecule has 0 aliphatic carbocycles. The summed E-state index contributed by atoms with van der Waals surface area (Å²) < 4.78 is 123. The van der Waals surface area contributed by atoms with E-state index in [0.717, 1.165) is 0 Å². The van der Waals surface area contributed by atoms with Crippen LogP contribution in [0.25, 0.3) is 0 Å². The van der Waals surface area contributed by atoms with Crippen molar-refractivity contribution in [2.45, 2.75) is 36.8 Å². The summed E-state index contributed by atoms with van der Waals surface area (Å²) in [5.41, 5.74) is 6.32. The number of nitrogens with two attached hydrogens (primary N) is 3. The Morgan fingerprint density at radius 2 is 0.853 bits per heavy atom. The third-order valence-corrected chi connectivity index (χ3v) is 10.3. The number of carbonyl (C=O) groups is 3. The van der Waals surface area contributed by atoms with E-state index in [1.807, 2.05) is 16.3 Å². The number of fused-ring (bicyclic) bond motifs is 1. The molecule has 4 rings (SSSR count). The Balaban J connectivity index is 1.52. The molecule has 1 aromatic rings. The van der Waals surface area contributed by atoms with E-state index in [9.17, 15) is 14.4 Å². The van der Waals surface area contributed by atoms with Gasteiger partial charge in [0.05, 0.1) is 159 Å². The lowest BCUT2D eigenvalue weighted by Crippen LogP contribution is -2.47. The van der Waals surface area contributed by atoms with Crippen molar-refractivity contribution in [2.24, 2.45) is 17.5 Å². The molecular formula is C45H78N6O24. The van der Waals surface area contributed by atoms with E-state index in [1.165, 1.54) is 0 Å². The zero-order chi connectivity index (χ0) is 53.3. The van der Waals surface area contributed by atoms with Crippen LogP contribution < -0.4 is 43.3 Å². The highest BCUT2D eigenvalue weighted by Crippen LogP contribution is 2.29. The van der Waals surface area contributed by atoms with Gasteiger partial charge in [-0.2, -0.15) is 0 Å². The van der Waals surface area contributed by atoms with Crippen molar-refractivity contribution in [2.75, 3.05) is 198 Å². The molecule has 0 aromatic heterocycles. The van der Waals surface area contributed by atoms with Gasteiger partial charge in [-0.05, 0) is 17.7 Å². The fraction of sp³-hybridized carbons (Fsp3) is 0.800. The molecule has 30 nitrogen and oxygen atoms in total. The summed E-state index contributed by atoms with van der Waals surface area (Å²) in [4.78, 5) is 35.4. The number of hydrogen-bond donors (Lipinski definition) is 6. The molecule has 30 heteroatoms. The predicted molar refractivity (Wildman–Crippen MR) is 254 cm³/mol. The van der Waals surface area contributed by atoms with E-state index >= 15 is 0 Å². The van der Waals surface area contributed by atoms with Crippen molar-refractivity contribution in [3.05, 3.63) is 23.8 Å². The van der Waals surface area contributed by atoms with Crippen LogP contribution in [0.5, 0.6) is 11.5 Å². The number of amides is 3. The first-order valence-corrected chi connectivity index (χ1v) is 24.6. The molecule has 3 heterocycles. The summed E-state index contributed by atoms with van der Waals surface area (Å²) in [6, 6.07) is 4.98. The second-order valence-electron chi connectivity index (χ2n) is 16.0. The first-order chi connectivity index (χ1) is 36.8. The Hall–Kier alpha value is -4.13. The molecular weight excluding hydrogens is 1010 g/mol. The number of benzene rings is 1. The Kier molecular flexibility index (Phi) is 34.7. The van der Waals surface area contributed by atoms with Crippen molar-refractivity contribution in [1.29, 1.82) is 0 Å². The topological polar surface area (TPSA) is 359 Å². The first-order valence-electron chi connectivity index (χ1n) is 24.6. The lowest BCUT2D eigenvalue weighted by atomic mass is 10.2. The van der Waals surface area contributed by atoms with Gasteiger partial charge in [0.1, 0.15) is 70.7 Å². The van der Waals surface area contributed by atoms with Crippen LogP contribution in [0.3, 0.4) is 0 Å². The van der Waals surface area contributed by atoms with Crippen LogP contribution in [0.1, 0.15) is 5.56 Å². The predicted octanol–water partition coefficient (Wildman–Crippen LogP) is -1.78. The van der Waals surface area contributed by atoms with Gasteiger partial charge < -0.3 is 99.5 Å². The maximum atomic E-state index is 11.8. The van der Waals surface area contributed by atoms with Crippen LogP contribution in [0.2, 0.25) is 0 Å². The van der Waals surface area contributed by atoms with E-state index in [4.69, 9.17) is 117 Å². The lowest BCUT2D eigenvalue weighted by Gasteiger charge is -2.33. The summed E-state index contributed by atoms with van der Waals surface area (Å²) in [7, 11) is 0. The zero-order valence-electron chi connectivity index (χ0n) is 42.5. The van der Waals surface area contributed by atoms with E-state index < -0.39 is 48.5 Å². The van der Waals surface area contributed by atoms with E-state index in [0.29, 0.717) is 57.6 Å². The number of nitrogens with one attached hydrogen (secondary N) is 3. The smallest absolute Gasteiger partial charge is 0.421 e. The maximum absolute atomic E-state index is 11.8. The quantitative estimate of drug-likeness (QED) is 0.0761. The minimum Gasteiger partial charge on any atom is -0.487 e. The number of rotatable bonds is 7. The molecule has 0 bridgehead atoms. The highest BCUT2D eigenvalue weighted by atomic mass is 16.7. The maximum Gasteiger partial charge on any atom is 0.421 e. The van der Waals surface area contributed by atoms with Crippen molar-refractivity contribution >= 4 is 18.3 Å². The van der Waals surface area contributed by atoms with Gasteiger partial charge in [-0.1, -0.05) is 6.07 Å². The van der Waals surface area contributed by atoms with Gasteiger partial charge >= 0.3 is 18.3 Å². The minimum atomic E-state index is -1.52. The molecule has 5 atom stereocenters. The summed E-state index contributed by atoms with van der Waals surface area (Å²) in [5, 5.41) is 0. The van der Waals surface area contributed by atoms with Gasteiger partial charge in [-0.15, -0.1) is 0 Å². The highest BCUT2D eigenvalue weighted by Gasteiger charge is 2.34.